The number of hydrogen-bond acceptors (Lipinski definition) is 2. The Balaban J connectivity index is 2.79. The van der Waals surface area contributed by atoms with Crippen LogP contribution in [0.3, 0.4) is 0 Å². The summed E-state index contributed by atoms with van der Waals surface area (Å²) in [5.41, 5.74) is 6.03. The molecule has 1 heterocycles. The lowest BCUT2D eigenvalue weighted by Crippen LogP contribution is -2.13. The third kappa shape index (κ3) is 1.14. The molecule has 1 aromatic carbocycles. The first-order chi connectivity index (χ1) is 6.59. The Labute approximate surface area is 79.6 Å². The van der Waals surface area contributed by atoms with Crippen LogP contribution in [0.1, 0.15) is 5.56 Å². The maximum absolute atomic E-state index is 13.4. The molecule has 14 heavy (non-hydrogen) atoms. The highest BCUT2D eigenvalue weighted by atomic mass is 19.1. The van der Waals surface area contributed by atoms with E-state index < -0.39 is 5.82 Å². The molecule has 5 heteroatoms. The smallest absolute Gasteiger partial charge is 0.136 e. The van der Waals surface area contributed by atoms with Crippen molar-refractivity contribution in [3.05, 3.63) is 29.7 Å². The van der Waals surface area contributed by atoms with E-state index >= 15 is 0 Å². The summed E-state index contributed by atoms with van der Waals surface area (Å²) in [5, 5.41) is 11.9. The second-order valence-electron chi connectivity index (χ2n) is 3.07. The van der Waals surface area contributed by atoms with Crippen LogP contribution in [-0.2, 0) is 7.05 Å². The summed E-state index contributed by atoms with van der Waals surface area (Å²) in [4.78, 5) is 0. The fourth-order valence-corrected chi connectivity index (χ4v) is 1.38. The molecule has 0 amide bonds. The predicted molar refractivity (Wildman–Crippen MR) is 51.7 cm³/mol. The SMILES string of the molecule is Cn1ncc2cc(C(=N)N)c(F)cc21. The molecule has 4 nitrogen and oxygen atoms in total. The second-order valence-corrected chi connectivity index (χ2v) is 3.07. The van der Waals surface area contributed by atoms with E-state index in [9.17, 15) is 4.39 Å². The second kappa shape index (κ2) is 2.80. The quantitative estimate of drug-likeness (QED) is 0.522. The average molecular weight is 192 g/mol. The summed E-state index contributed by atoms with van der Waals surface area (Å²) in [6.45, 7) is 0. The van der Waals surface area contributed by atoms with E-state index in [1.165, 1.54) is 12.1 Å². The zero-order valence-electron chi connectivity index (χ0n) is 7.58. The lowest BCUT2D eigenvalue weighted by molar-refractivity contribution is 0.625. The van der Waals surface area contributed by atoms with Gasteiger partial charge in [0.2, 0.25) is 0 Å². The van der Waals surface area contributed by atoms with Gasteiger partial charge in [-0.25, -0.2) is 4.39 Å². The Morgan fingerprint density at radius 1 is 1.57 bits per heavy atom. The first-order valence-corrected chi connectivity index (χ1v) is 4.05. The molecule has 0 unspecified atom stereocenters. The molecule has 0 saturated heterocycles. The van der Waals surface area contributed by atoms with Crippen LogP contribution in [0.5, 0.6) is 0 Å². The Hall–Kier alpha value is -1.91. The molecule has 0 spiro atoms. The van der Waals surface area contributed by atoms with Crippen LogP contribution in [0.2, 0.25) is 0 Å². The summed E-state index contributed by atoms with van der Waals surface area (Å²) in [6.07, 6.45) is 1.61. The Morgan fingerprint density at radius 2 is 2.29 bits per heavy atom. The van der Waals surface area contributed by atoms with Crippen molar-refractivity contribution in [1.82, 2.24) is 9.78 Å². The van der Waals surface area contributed by atoms with E-state index in [0.29, 0.717) is 5.52 Å². The molecular formula is C9H9FN4. The summed E-state index contributed by atoms with van der Waals surface area (Å²) in [6, 6.07) is 2.86. The average Bonchev–Trinajstić information content (AvgIpc) is 2.46. The van der Waals surface area contributed by atoms with Gasteiger partial charge in [0.1, 0.15) is 11.7 Å². The van der Waals surface area contributed by atoms with Crippen molar-refractivity contribution in [2.24, 2.45) is 12.8 Å². The molecule has 0 fully saturated rings. The number of fused-ring (bicyclic) bond motifs is 1. The van der Waals surface area contributed by atoms with Crippen LogP contribution in [-0.4, -0.2) is 15.6 Å². The van der Waals surface area contributed by atoms with E-state index in [4.69, 9.17) is 11.1 Å². The molecule has 3 N–H and O–H groups in total. The third-order valence-corrected chi connectivity index (χ3v) is 2.13. The Kier molecular flexibility index (Phi) is 1.73. The van der Waals surface area contributed by atoms with Crippen LogP contribution in [0.25, 0.3) is 10.9 Å². The zero-order valence-corrected chi connectivity index (χ0v) is 7.58. The predicted octanol–water partition coefficient (Wildman–Crippen LogP) is 0.996. The van der Waals surface area contributed by atoms with Gasteiger partial charge >= 0.3 is 0 Å². The van der Waals surface area contributed by atoms with E-state index in [1.807, 2.05) is 0 Å². The van der Waals surface area contributed by atoms with Crippen molar-refractivity contribution in [2.75, 3.05) is 0 Å². The van der Waals surface area contributed by atoms with Gasteiger partial charge in [0.05, 0.1) is 17.3 Å². The normalized spacial score (nSPS) is 10.7. The standard InChI is InChI=1S/C9H9FN4/c1-14-8-3-7(10)6(9(11)12)2-5(8)4-13-14/h2-4H,1H3,(H3,11,12). The van der Waals surface area contributed by atoms with E-state index in [2.05, 4.69) is 5.10 Å². The molecule has 2 aromatic rings. The minimum atomic E-state index is -0.492. The molecule has 0 radical (unpaired) electrons. The van der Waals surface area contributed by atoms with Crippen molar-refractivity contribution in [3.8, 4) is 0 Å². The number of benzene rings is 1. The van der Waals surface area contributed by atoms with Gasteiger partial charge in [-0.15, -0.1) is 0 Å². The number of aromatic nitrogens is 2. The number of hydrogen-bond donors (Lipinski definition) is 2. The fourth-order valence-electron chi connectivity index (χ4n) is 1.38. The van der Waals surface area contributed by atoms with Crippen LogP contribution in [0.4, 0.5) is 4.39 Å². The van der Waals surface area contributed by atoms with Gasteiger partial charge in [-0.05, 0) is 6.07 Å². The first-order valence-electron chi connectivity index (χ1n) is 4.05. The number of nitrogen functional groups attached to an aromatic ring is 1. The minimum absolute atomic E-state index is 0.116. The lowest BCUT2D eigenvalue weighted by atomic mass is 10.1. The number of halogens is 1. The number of aryl methyl sites for hydroxylation is 1. The number of amidine groups is 1. The van der Waals surface area contributed by atoms with Gasteiger partial charge in [-0.1, -0.05) is 0 Å². The Morgan fingerprint density at radius 3 is 2.93 bits per heavy atom. The van der Waals surface area contributed by atoms with Crippen molar-refractivity contribution >= 4 is 16.7 Å². The molecule has 0 aliphatic rings. The molecule has 0 bridgehead atoms. The summed E-state index contributed by atoms with van der Waals surface area (Å²) < 4.78 is 14.9. The molecule has 0 aliphatic heterocycles. The molecular weight excluding hydrogens is 183 g/mol. The van der Waals surface area contributed by atoms with E-state index in [-0.39, 0.29) is 11.4 Å². The van der Waals surface area contributed by atoms with Crippen molar-refractivity contribution in [1.29, 1.82) is 5.41 Å². The number of nitrogens with one attached hydrogen (secondary N) is 1. The molecule has 0 aliphatic carbocycles. The zero-order chi connectivity index (χ0) is 10.3. The highest BCUT2D eigenvalue weighted by molar-refractivity contribution is 5.98. The van der Waals surface area contributed by atoms with Gasteiger partial charge in [0.25, 0.3) is 0 Å². The fraction of sp³-hybridized carbons (Fsp3) is 0.111. The van der Waals surface area contributed by atoms with E-state index in [1.54, 1.807) is 17.9 Å². The maximum Gasteiger partial charge on any atom is 0.136 e. The van der Waals surface area contributed by atoms with Crippen molar-refractivity contribution < 1.29 is 4.39 Å². The number of rotatable bonds is 1. The lowest BCUT2D eigenvalue weighted by Gasteiger charge is -2.01. The topological polar surface area (TPSA) is 67.7 Å². The molecule has 0 saturated carbocycles. The van der Waals surface area contributed by atoms with E-state index in [0.717, 1.165) is 5.39 Å². The molecule has 0 atom stereocenters. The monoisotopic (exact) mass is 192 g/mol. The highest BCUT2D eigenvalue weighted by Gasteiger charge is 2.09. The van der Waals surface area contributed by atoms with Gasteiger partial charge in [0, 0.05) is 18.5 Å². The largest absolute Gasteiger partial charge is 0.384 e. The van der Waals surface area contributed by atoms with Crippen LogP contribution in [0.15, 0.2) is 18.3 Å². The minimum Gasteiger partial charge on any atom is -0.384 e. The number of nitrogens with zero attached hydrogens (tertiary/aromatic N) is 2. The number of nitrogens with two attached hydrogens (primary N) is 1. The summed E-state index contributed by atoms with van der Waals surface area (Å²) in [5.74, 6) is -0.762. The van der Waals surface area contributed by atoms with Crippen LogP contribution >= 0.6 is 0 Å². The summed E-state index contributed by atoms with van der Waals surface area (Å²) >= 11 is 0. The van der Waals surface area contributed by atoms with Crippen molar-refractivity contribution in [2.45, 2.75) is 0 Å². The van der Waals surface area contributed by atoms with Gasteiger partial charge in [-0.2, -0.15) is 5.10 Å². The maximum atomic E-state index is 13.4. The Bertz CT molecular complexity index is 515. The molecule has 2 rings (SSSR count). The van der Waals surface area contributed by atoms with Gasteiger partial charge in [0.15, 0.2) is 0 Å². The third-order valence-electron chi connectivity index (χ3n) is 2.13. The summed E-state index contributed by atoms with van der Waals surface area (Å²) in [7, 11) is 1.73. The van der Waals surface area contributed by atoms with Gasteiger partial charge in [-0.3, -0.25) is 10.1 Å². The molecule has 72 valence electrons. The highest BCUT2D eigenvalue weighted by Crippen LogP contribution is 2.17. The van der Waals surface area contributed by atoms with Crippen molar-refractivity contribution in [3.63, 3.8) is 0 Å². The van der Waals surface area contributed by atoms with Crippen LogP contribution < -0.4 is 5.73 Å². The van der Waals surface area contributed by atoms with Crippen LogP contribution in [0, 0.1) is 11.2 Å². The van der Waals surface area contributed by atoms with Gasteiger partial charge < -0.3 is 5.73 Å². The first kappa shape index (κ1) is 8.68. The molecule has 1 aromatic heterocycles.